The molecule has 0 saturated carbocycles. The molecule has 0 aliphatic carbocycles. The minimum Gasteiger partial charge on any atom is -0.453 e. The van der Waals surface area contributed by atoms with E-state index in [1.54, 1.807) is 0 Å². The maximum Gasteiger partial charge on any atom is 0.229 e. The van der Waals surface area contributed by atoms with Gasteiger partial charge in [0, 0.05) is 18.2 Å². The predicted molar refractivity (Wildman–Crippen MR) is 105 cm³/mol. The van der Waals surface area contributed by atoms with E-state index in [9.17, 15) is 26.0 Å². The maximum atomic E-state index is 14.0. The van der Waals surface area contributed by atoms with Gasteiger partial charge in [0.1, 0.15) is 17.4 Å². The first-order chi connectivity index (χ1) is 14.0. The second-order valence-electron chi connectivity index (χ2n) is 6.01. The number of nitrogens with one attached hydrogen (secondary N) is 1. The van der Waals surface area contributed by atoms with Crippen molar-refractivity contribution < 1.29 is 35.5 Å². The lowest BCUT2D eigenvalue weighted by Crippen LogP contribution is -2.10. The molecule has 0 atom stereocenters. The molecule has 0 aromatic heterocycles. The van der Waals surface area contributed by atoms with Crippen molar-refractivity contribution in [3.63, 3.8) is 0 Å². The third kappa shape index (κ3) is 5.42. The van der Waals surface area contributed by atoms with E-state index in [1.807, 2.05) is 0 Å². The quantitative estimate of drug-likeness (QED) is 0.419. The van der Waals surface area contributed by atoms with Crippen LogP contribution in [0.3, 0.4) is 0 Å². The number of ether oxygens (including phenoxy) is 2. The number of sulfonamides is 1. The number of benzene rings is 3. The van der Waals surface area contributed by atoms with Gasteiger partial charge in [0.15, 0.2) is 28.9 Å². The van der Waals surface area contributed by atoms with Crippen LogP contribution in [-0.2, 0) is 10.0 Å². The molecule has 3 rings (SSSR count). The minimum absolute atomic E-state index is 0.0444. The Balaban J connectivity index is 2.05. The number of rotatable bonds is 6. The molecule has 0 unspecified atom stereocenters. The Hall–Kier alpha value is -2.79. The van der Waals surface area contributed by atoms with E-state index in [2.05, 4.69) is 20.7 Å². The molecule has 0 radical (unpaired) electrons. The average molecular weight is 506 g/mol. The Morgan fingerprint density at radius 1 is 0.767 bits per heavy atom. The van der Waals surface area contributed by atoms with Crippen LogP contribution < -0.4 is 14.2 Å². The first kappa shape index (κ1) is 21.9. The van der Waals surface area contributed by atoms with Gasteiger partial charge >= 0.3 is 0 Å². The van der Waals surface area contributed by atoms with E-state index in [0.29, 0.717) is 12.1 Å². The van der Waals surface area contributed by atoms with Gasteiger partial charge in [0.25, 0.3) is 0 Å². The van der Waals surface area contributed by atoms with Crippen LogP contribution in [0.25, 0.3) is 0 Å². The van der Waals surface area contributed by atoms with Crippen LogP contribution in [0.2, 0.25) is 0 Å². The first-order valence-corrected chi connectivity index (χ1v) is 10.8. The fourth-order valence-corrected chi connectivity index (χ4v) is 3.31. The number of anilines is 1. The molecule has 0 spiro atoms. The van der Waals surface area contributed by atoms with E-state index < -0.39 is 39.0 Å². The van der Waals surface area contributed by atoms with Gasteiger partial charge in [0.05, 0.1) is 16.4 Å². The molecular weight excluding hydrogens is 494 g/mol. The molecule has 0 heterocycles. The number of halogens is 5. The van der Waals surface area contributed by atoms with Crippen molar-refractivity contribution in [3.05, 3.63) is 76.3 Å². The van der Waals surface area contributed by atoms with E-state index >= 15 is 0 Å². The molecule has 30 heavy (non-hydrogen) atoms. The number of hydrogen-bond acceptors (Lipinski definition) is 4. The van der Waals surface area contributed by atoms with Crippen molar-refractivity contribution in [1.82, 2.24) is 0 Å². The summed E-state index contributed by atoms with van der Waals surface area (Å²) in [6, 6.07) is 7.61. The van der Waals surface area contributed by atoms with E-state index in [1.165, 1.54) is 6.07 Å². The summed E-state index contributed by atoms with van der Waals surface area (Å²) in [6.07, 6.45) is 0.890. The zero-order chi connectivity index (χ0) is 22.1. The second-order valence-corrected chi connectivity index (χ2v) is 8.61. The topological polar surface area (TPSA) is 64.6 Å². The van der Waals surface area contributed by atoms with Crippen LogP contribution in [0.15, 0.2) is 53.0 Å². The third-order valence-electron chi connectivity index (χ3n) is 3.56. The number of hydrogen-bond donors (Lipinski definition) is 1. The summed E-state index contributed by atoms with van der Waals surface area (Å²) in [4.78, 5) is 0. The molecule has 0 amide bonds. The summed E-state index contributed by atoms with van der Waals surface area (Å²) in [5.41, 5.74) is -0.0972. The Bertz CT molecular complexity index is 1220. The van der Waals surface area contributed by atoms with Gasteiger partial charge in [-0.3, -0.25) is 4.72 Å². The normalized spacial score (nSPS) is 11.3. The smallest absolute Gasteiger partial charge is 0.229 e. The fraction of sp³-hybridized carbons (Fsp3) is 0.0526. The van der Waals surface area contributed by atoms with Crippen molar-refractivity contribution in [1.29, 1.82) is 0 Å². The molecule has 158 valence electrons. The lowest BCUT2D eigenvalue weighted by molar-refractivity contribution is 0.420. The monoisotopic (exact) mass is 505 g/mol. The molecule has 5 nitrogen and oxygen atoms in total. The van der Waals surface area contributed by atoms with Crippen molar-refractivity contribution in [2.75, 3.05) is 11.0 Å². The van der Waals surface area contributed by atoms with Crippen LogP contribution >= 0.6 is 15.9 Å². The molecular formula is C19H12BrF4NO4S. The van der Waals surface area contributed by atoms with Crippen LogP contribution in [0.1, 0.15) is 0 Å². The van der Waals surface area contributed by atoms with Crippen molar-refractivity contribution in [2.45, 2.75) is 0 Å². The van der Waals surface area contributed by atoms with Crippen molar-refractivity contribution >= 4 is 31.6 Å². The Kier molecular flexibility index (Phi) is 6.22. The highest BCUT2D eigenvalue weighted by atomic mass is 79.9. The zero-order valence-corrected chi connectivity index (χ0v) is 17.5. The standard InChI is InChI=1S/C19H12BrF4NO4S/c1-30(26,27)25-15-8-12(20)18(28-16-4-2-10(21)6-13(16)23)9-19(15)29-17-5-3-11(22)7-14(17)24/h2-9,25H,1H3. The van der Waals surface area contributed by atoms with Crippen molar-refractivity contribution in [3.8, 4) is 23.0 Å². The predicted octanol–water partition coefficient (Wildman–Crippen LogP) is 5.96. The maximum absolute atomic E-state index is 14.0. The Morgan fingerprint density at radius 3 is 1.73 bits per heavy atom. The molecule has 11 heteroatoms. The summed E-state index contributed by atoms with van der Waals surface area (Å²) in [6.45, 7) is 0. The van der Waals surface area contributed by atoms with Gasteiger partial charge in [-0.25, -0.2) is 26.0 Å². The van der Waals surface area contributed by atoms with Crippen molar-refractivity contribution in [2.24, 2.45) is 0 Å². The van der Waals surface area contributed by atoms with Gasteiger partial charge < -0.3 is 9.47 Å². The van der Waals surface area contributed by atoms with Crippen LogP contribution in [0.4, 0.5) is 23.2 Å². The third-order valence-corrected chi connectivity index (χ3v) is 4.77. The van der Waals surface area contributed by atoms with E-state index in [4.69, 9.17) is 9.47 Å². The Morgan fingerprint density at radius 2 is 1.27 bits per heavy atom. The van der Waals surface area contributed by atoms with Gasteiger partial charge in [-0.05, 0) is 46.3 Å². The molecule has 0 aliphatic heterocycles. The highest BCUT2D eigenvalue weighted by Gasteiger charge is 2.18. The van der Waals surface area contributed by atoms with Gasteiger partial charge in [-0.2, -0.15) is 0 Å². The summed E-state index contributed by atoms with van der Waals surface area (Å²) < 4.78 is 90.7. The summed E-state index contributed by atoms with van der Waals surface area (Å²) >= 11 is 3.16. The van der Waals surface area contributed by atoms with Crippen LogP contribution in [-0.4, -0.2) is 14.7 Å². The lowest BCUT2D eigenvalue weighted by Gasteiger charge is -2.16. The first-order valence-electron chi connectivity index (χ1n) is 8.09. The minimum atomic E-state index is -3.76. The SMILES string of the molecule is CS(=O)(=O)Nc1cc(Br)c(Oc2ccc(F)cc2F)cc1Oc1ccc(F)cc1F. The van der Waals surface area contributed by atoms with Gasteiger partial charge in [-0.1, -0.05) is 0 Å². The summed E-state index contributed by atoms with van der Waals surface area (Å²) in [7, 11) is -3.76. The highest BCUT2D eigenvalue weighted by Crippen LogP contribution is 2.41. The molecule has 0 aliphatic rings. The fourth-order valence-electron chi connectivity index (χ4n) is 2.33. The summed E-state index contributed by atoms with van der Waals surface area (Å²) in [5, 5.41) is 0. The van der Waals surface area contributed by atoms with Crippen LogP contribution in [0, 0.1) is 23.3 Å². The van der Waals surface area contributed by atoms with Gasteiger partial charge in [-0.15, -0.1) is 0 Å². The zero-order valence-electron chi connectivity index (χ0n) is 15.0. The van der Waals surface area contributed by atoms with E-state index in [0.717, 1.165) is 36.6 Å². The lowest BCUT2D eigenvalue weighted by atomic mass is 10.2. The van der Waals surface area contributed by atoms with Crippen LogP contribution in [0.5, 0.6) is 23.0 Å². The Labute approximate surface area is 177 Å². The molecule has 3 aromatic carbocycles. The molecule has 3 aromatic rings. The van der Waals surface area contributed by atoms with E-state index in [-0.39, 0.29) is 27.4 Å². The average Bonchev–Trinajstić information content (AvgIpc) is 2.61. The molecule has 0 bridgehead atoms. The largest absolute Gasteiger partial charge is 0.453 e. The highest BCUT2D eigenvalue weighted by molar-refractivity contribution is 9.10. The van der Waals surface area contributed by atoms with Gasteiger partial charge in [0.2, 0.25) is 10.0 Å². The molecule has 0 fully saturated rings. The second kappa shape index (κ2) is 8.52. The summed E-state index contributed by atoms with van der Waals surface area (Å²) in [5.74, 6) is -4.62. The molecule has 0 saturated heterocycles. The molecule has 1 N–H and O–H groups in total.